The van der Waals surface area contributed by atoms with Crippen LogP contribution < -0.4 is 11.1 Å². The van der Waals surface area contributed by atoms with Crippen molar-refractivity contribution in [1.82, 2.24) is 5.32 Å². The van der Waals surface area contributed by atoms with Crippen molar-refractivity contribution >= 4 is 32.4 Å². The Bertz CT molecular complexity index is 400. The maximum absolute atomic E-state index is 11.3. The van der Waals surface area contributed by atoms with Crippen LogP contribution in [0.25, 0.3) is 0 Å². The molecule has 12 nitrogen and oxygen atoms in total. The average Bonchev–Trinajstić information content (AvgIpc) is 2.72. The van der Waals surface area contributed by atoms with E-state index in [0.29, 0.717) is 0 Å². The molecule has 28 heavy (non-hydrogen) atoms. The summed E-state index contributed by atoms with van der Waals surface area (Å²) in [5.41, 5.74) is 5.24. The van der Waals surface area contributed by atoms with Crippen LogP contribution >= 0.6 is 0 Å². The van der Waals surface area contributed by atoms with Gasteiger partial charge < -0.3 is 50.9 Å². The average molecular weight is 463 g/mol. The summed E-state index contributed by atoms with van der Waals surface area (Å²) in [7, 11) is 1.48. The second kappa shape index (κ2) is 11.7. The number of carbonyl (C=O) groups is 1. The van der Waals surface area contributed by atoms with E-state index in [1.165, 1.54) is 64.0 Å². The van der Waals surface area contributed by atoms with Gasteiger partial charge in [0.05, 0.1) is 0 Å². The standard InChI is InChI=1S/C13H34N2O10Si3/c1-17-26(18-2,19-3)13(10-11-15-12(14)16,27(20-4,21-5)22-6)28(23-7,24-8)25-9/h10-11H2,1-9H3,(H3,14,15,16). The van der Waals surface area contributed by atoms with Gasteiger partial charge in [-0.1, -0.05) is 0 Å². The lowest BCUT2D eigenvalue weighted by Crippen LogP contribution is -2.80. The van der Waals surface area contributed by atoms with E-state index in [4.69, 9.17) is 45.6 Å². The zero-order valence-electron chi connectivity index (χ0n) is 18.1. The topological polar surface area (TPSA) is 138 Å². The monoisotopic (exact) mass is 462 g/mol. The first-order valence-electron chi connectivity index (χ1n) is 8.21. The van der Waals surface area contributed by atoms with Gasteiger partial charge in [0.1, 0.15) is 0 Å². The number of amides is 2. The Morgan fingerprint density at radius 2 is 0.929 bits per heavy atom. The zero-order chi connectivity index (χ0) is 22.1. The van der Waals surface area contributed by atoms with Crippen LogP contribution in [0.5, 0.6) is 0 Å². The Hall–Kier alpha value is -0.439. The Labute approximate surface area is 169 Å². The molecule has 0 fully saturated rings. The third-order valence-corrected chi connectivity index (χ3v) is 19.0. The summed E-state index contributed by atoms with van der Waals surface area (Å²) in [5.74, 6) is 0. The van der Waals surface area contributed by atoms with Gasteiger partial charge in [0.2, 0.25) is 0 Å². The van der Waals surface area contributed by atoms with Crippen LogP contribution in [0.2, 0.25) is 4.28 Å². The molecule has 0 saturated carbocycles. The van der Waals surface area contributed by atoms with E-state index in [9.17, 15) is 4.79 Å². The molecule has 0 aliphatic rings. The van der Waals surface area contributed by atoms with Gasteiger partial charge in [-0.2, -0.15) is 0 Å². The Morgan fingerprint density at radius 3 is 1.11 bits per heavy atom. The highest BCUT2D eigenvalue weighted by atomic mass is 28.5. The summed E-state index contributed by atoms with van der Waals surface area (Å²) in [6.45, 7) is 0.0653. The molecule has 0 aromatic rings. The maximum atomic E-state index is 11.3. The molecule has 0 unspecified atom stereocenters. The Morgan fingerprint density at radius 1 is 0.679 bits per heavy atom. The summed E-state index contributed by atoms with van der Waals surface area (Å²) < 4.78 is 51.0. The number of nitrogens with two attached hydrogens (primary N) is 1. The fourth-order valence-corrected chi connectivity index (χ4v) is 19.7. The van der Waals surface area contributed by atoms with Gasteiger partial charge in [0, 0.05) is 70.5 Å². The van der Waals surface area contributed by atoms with Crippen LogP contribution in [0.1, 0.15) is 6.42 Å². The second-order valence-electron chi connectivity index (χ2n) is 5.45. The molecule has 168 valence electrons. The highest BCUT2D eigenvalue weighted by Gasteiger charge is 2.88. The molecule has 0 atom stereocenters. The minimum atomic E-state index is -3.78. The molecule has 0 aromatic carbocycles. The number of hydrogen-bond donors (Lipinski definition) is 2. The summed E-state index contributed by atoms with van der Waals surface area (Å²) in [6, 6.07) is -0.715. The fraction of sp³-hybridized carbons (Fsp3) is 0.923. The summed E-state index contributed by atoms with van der Waals surface area (Å²) in [4.78, 5) is 11.3. The third kappa shape index (κ3) is 4.20. The molecular formula is C13H34N2O10Si3. The normalized spacial score (nSPS) is 13.6. The molecule has 0 rings (SSSR count). The van der Waals surface area contributed by atoms with Gasteiger partial charge in [0.15, 0.2) is 4.28 Å². The van der Waals surface area contributed by atoms with E-state index in [0.717, 1.165) is 0 Å². The molecule has 0 aliphatic heterocycles. The molecule has 0 saturated heterocycles. The molecule has 0 bridgehead atoms. The minimum Gasteiger partial charge on any atom is -0.377 e. The highest BCUT2D eigenvalue weighted by molar-refractivity contribution is 7.02. The fourth-order valence-electron chi connectivity index (χ4n) is 3.71. The molecule has 0 spiro atoms. The van der Waals surface area contributed by atoms with E-state index in [1.54, 1.807) is 0 Å². The van der Waals surface area contributed by atoms with Gasteiger partial charge in [-0.3, -0.25) is 0 Å². The molecule has 3 N–H and O–H groups in total. The van der Waals surface area contributed by atoms with Gasteiger partial charge in [-0.05, 0) is 6.42 Å². The van der Waals surface area contributed by atoms with Crippen LogP contribution in [0.15, 0.2) is 0 Å². The molecule has 0 heterocycles. The highest BCUT2D eigenvalue weighted by Crippen LogP contribution is 2.57. The van der Waals surface area contributed by atoms with Crippen molar-refractivity contribution in [3.63, 3.8) is 0 Å². The first-order chi connectivity index (χ1) is 13.2. The summed E-state index contributed by atoms with van der Waals surface area (Å²) >= 11 is 0. The smallest absolute Gasteiger partial charge is 0.377 e. The lowest BCUT2D eigenvalue weighted by Gasteiger charge is -2.53. The lowest BCUT2D eigenvalue weighted by atomic mass is 10.5. The van der Waals surface area contributed by atoms with Crippen molar-refractivity contribution in [3.05, 3.63) is 0 Å². The minimum absolute atomic E-state index is 0.0653. The van der Waals surface area contributed by atoms with E-state index < -0.39 is 36.7 Å². The quantitative estimate of drug-likeness (QED) is 0.306. The van der Waals surface area contributed by atoms with Crippen LogP contribution in [0.3, 0.4) is 0 Å². The van der Waals surface area contributed by atoms with Crippen molar-refractivity contribution in [2.75, 3.05) is 70.5 Å². The SMILES string of the molecule is CO[Si](OC)(OC)C(CCNC(N)=O)([Si](OC)(OC)OC)[Si](OC)(OC)OC. The summed E-state index contributed by atoms with van der Waals surface area (Å²) in [5, 5.41) is 2.54. The molecule has 0 aliphatic carbocycles. The van der Waals surface area contributed by atoms with Crippen molar-refractivity contribution in [3.8, 4) is 0 Å². The van der Waals surface area contributed by atoms with Crippen LogP contribution in [-0.4, -0.2) is 103 Å². The molecule has 0 aromatic heterocycles. The molecule has 15 heteroatoms. The van der Waals surface area contributed by atoms with Crippen molar-refractivity contribution in [2.24, 2.45) is 5.73 Å². The third-order valence-electron chi connectivity index (χ3n) is 4.79. The Balaban J connectivity index is 7.23. The van der Waals surface area contributed by atoms with Crippen LogP contribution in [0.4, 0.5) is 4.79 Å². The van der Waals surface area contributed by atoms with Gasteiger partial charge in [-0.15, -0.1) is 0 Å². The van der Waals surface area contributed by atoms with E-state index in [1.807, 2.05) is 0 Å². The van der Waals surface area contributed by atoms with Crippen molar-refractivity contribution in [1.29, 1.82) is 0 Å². The number of rotatable bonds is 15. The molecule has 2 amide bonds. The first kappa shape index (κ1) is 27.6. The molecule has 0 radical (unpaired) electrons. The Kier molecular flexibility index (Phi) is 11.5. The number of primary amides is 1. The predicted octanol–water partition coefficient (Wildman–Crippen LogP) is -0.502. The molecular weight excluding hydrogens is 428 g/mol. The largest absolute Gasteiger partial charge is 0.516 e. The second-order valence-corrected chi connectivity index (χ2v) is 16.5. The zero-order valence-corrected chi connectivity index (χ0v) is 21.1. The number of carbonyl (C=O) groups excluding carboxylic acids is 1. The number of hydrogen-bond acceptors (Lipinski definition) is 10. The number of urea groups is 1. The van der Waals surface area contributed by atoms with Gasteiger partial charge in [-0.25, -0.2) is 4.79 Å². The predicted molar refractivity (Wildman–Crippen MR) is 105 cm³/mol. The van der Waals surface area contributed by atoms with Gasteiger partial charge >= 0.3 is 32.4 Å². The maximum Gasteiger partial charge on any atom is 0.516 e. The number of nitrogens with one attached hydrogen (secondary N) is 1. The van der Waals surface area contributed by atoms with Crippen molar-refractivity contribution in [2.45, 2.75) is 10.7 Å². The van der Waals surface area contributed by atoms with Crippen LogP contribution in [0, 0.1) is 0 Å². The van der Waals surface area contributed by atoms with Crippen LogP contribution in [-0.2, 0) is 39.8 Å². The van der Waals surface area contributed by atoms with E-state index >= 15 is 0 Å². The van der Waals surface area contributed by atoms with E-state index in [-0.39, 0.29) is 13.0 Å². The lowest BCUT2D eigenvalue weighted by molar-refractivity contribution is 0.0297. The summed E-state index contributed by atoms with van der Waals surface area (Å²) in [6.07, 6.45) is 0.0845. The van der Waals surface area contributed by atoms with E-state index in [2.05, 4.69) is 5.32 Å². The van der Waals surface area contributed by atoms with Crippen molar-refractivity contribution < 1.29 is 44.6 Å². The first-order valence-corrected chi connectivity index (χ1v) is 13.4. The van der Waals surface area contributed by atoms with Gasteiger partial charge in [0.25, 0.3) is 0 Å².